The van der Waals surface area contributed by atoms with E-state index in [-0.39, 0.29) is 5.91 Å². The molecule has 0 spiro atoms. The van der Waals surface area contributed by atoms with Gasteiger partial charge in [0.05, 0.1) is 0 Å². The van der Waals surface area contributed by atoms with Crippen molar-refractivity contribution in [3.8, 4) is 0 Å². The second-order valence-electron chi connectivity index (χ2n) is 5.62. The van der Waals surface area contributed by atoms with Crippen molar-refractivity contribution in [2.24, 2.45) is 5.92 Å². The third kappa shape index (κ3) is 3.06. The van der Waals surface area contributed by atoms with Crippen LogP contribution in [0.1, 0.15) is 29.0 Å². The van der Waals surface area contributed by atoms with Gasteiger partial charge in [0.25, 0.3) is 5.91 Å². The molecule has 2 heterocycles. The van der Waals surface area contributed by atoms with Gasteiger partial charge in [0.1, 0.15) is 5.58 Å². The first kappa shape index (κ1) is 14.4. The maximum atomic E-state index is 12.3. The molecule has 1 aromatic carbocycles. The monoisotopic (exact) mass is 306 g/mol. The van der Waals surface area contributed by atoms with Gasteiger partial charge in [-0.2, -0.15) is 0 Å². The molecule has 0 saturated carbocycles. The van der Waals surface area contributed by atoms with E-state index in [1.165, 1.54) is 6.42 Å². The van der Waals surface area contributed by atoms with E-state index in [9.17, 15) is 4.79 Å². The fourth-order valence-electron chi connectivity index (χ4n) is 2.83. The predicted molar refractivity (Wildman–Crippen MR) is 83.9 cm³/mol. The number of piperidine rings is 1. The topological polar surface area (TPSA) is 54.3 Å². The van der Waals surface area contributed by atoms with Crippen molar-refractivity contribution in [3.63, 3.8) is 0 Å². The smallest absolute Gasteiger partial charge is 0.287 e. The Balaban J connectivity index is 1.73. The summed E-state index contributed by atoms with van der Waals surface area (Å²) in [5.41, 5.74) is 1.54. The molecule has 1 amide bonds. The van der Waals surface area contributed by atoms with Gasteiger partial charge < -0.3 is 15.1 Å². The fraction of sp³-hybridized carbons (Fsp3) is 0.438. The van der Waals surface area contributed by atoms with Crippen molar-refractivity contribution < 1.29 is 9.21 Å². The van der Waals surface area contributed by atoms with Crippen LogP contribution in [0.5, 0.6) is 0 Å². The number of rotatable bonds is 3. The fourth-order valence-corrected chi connectivity index (χ4v) is 3.00. The van der Waals surface area contributed by atoms with Gasteiger partial charge in [-0.1, -0.05) is 11.6 Å². The Kier molecular flexibility index (Phi) is 4.17. The lowest BCUT2D eigenvalue weighted by atomic mass is 10.00. The third-order valence-electron chi connectivity index (χ3n) is 4.05. The molecule has 1 aromatic heterocycles. The molecular formula is C16H19ClN2O2. The molecule has 2 N–H and O–H groups in total. The molecule has 1 aliphatic heterocycles. The molecule has 0 aliphatic carbocycles. The zero-order valence-electron chi connectivity index (χ0n) is 12.0. The summed E-state index contributed by atoms with van der Waals surface area (Å²) >= 11 is 5.99. The number of hydrogen-bond acceptors (Lipinski definition) is 3. The number of furan rings is 1. The van der Waals surface area contributed by atoms with E-state index < -0.39 is 0 Å². The minimum atomic E-state index is -0.148. The summed E-state index contributed by atoms with van der Waals surface area (Å²) in [6.07, 6.45) is 2.32. The number of carbonyl (C=O) groups excluding carboxylic acids is 1. The molecular weight excluding hydrogens is 288 g/mol. The second kappa shape index (κ2) is 6.08. The lowest BCUT2D eigenvalue weighted by molar-refractivity contribution is 0.0918. The lowest BCUT2D eigenvalue weighted by Crippen LogP contribution is -2.38. The van der Waals surface area contributed by atoms with Crippen LogP contribution in [0.4, 0.5) is 0 Å². The summed E-state index contributed by atoms with van der Waals surface area (Å²) in [6.45, 7) is 4.62. The summed E-state index contributed by atoms with van der Waals surface area (Å²) < 4.78 is 5.67. The van der Waals surface area contributed by atoms with E-state index in [2.05, 4.69) is 10.6 Å². The van der Waals surface area contributed by atoms with E-state index in [0.717, 1.165) is 30.5 Å². The Bertz CT molecular complexity index is 660. The normalized spacial score (nSPS) is 18.9. The molecule has 4 nitrogen and oxygen atoms in total. The van der Waals surface area contributed by atoms with Crippen molar-refractivity contribution >= 4 is 28.5 Å². The first-order valence-corrected chi connectivity index (χ1v) is 7.70. The maximum Gasteiger partial charge on any atom is 0.287 e. The molecule has 0 radical (unpaired) electrons. The van der Waals surface area contributed by atoms with Crippen LogP contribution in [0.2, 0.25) is 5.02 Å². The number of fused-ring (bicyclic) bond motifs is 1. The highest BCUT2D eigenvalue weighted by Crippen LogP contribution is 2.27. The summed E-state index contributed by atoms with van der Waals surface area (Å²) in [4.78, 5) is 12.3. The minimum Gasteiger partial charge on any atom is -0.451 e. The van der Waals surface area contributed by atoms with Crippen molar-refractivity contribution in [1.82, 2.24) is 10.6 Å². The van der Waals surface area contributed by atoms with Gasteiger partial charge in [-0.15, -0.1) is 0 Å². The van der Waals surface area contributed by atoms with Gasteiger partial charge in [-0.3, -0.25) is 4.79 Å². The quantitative estimate of drug-likeness (QED) is 0.916. The SMILES string of the molecule is Cc1c(C(=O)NCC2CCCNC2)oc2ccc(Cl)cc12. The van der Waals surface area contributed by atoms with E-state index >= 15 is 0 Å². The number of amides is 1. The summed E-state index contributed by atoms with van der Waals surface area (Å²) in [6, 6.07) is 5.40. The van der Waals surface area contributed by atoms with Crippen LogP contribution in [0.15, 0.2) is 22.6 Å². The zero-order chi connectivity index (χ0) is 14.8. The Morgan fingerprint density at radius 2 is 2.38 bits per heavy atom. The molecule has 1 aliphatic rings. The van der Waals surface area contributed by atoms with Gasteiger partial charge in [0, 0.05) is 22.5 Å². The number of aryl methyl sites for hydroxylation is 1. The standard InChI is InChI=1S/C16H19ClN2O2/c1-10-13-7-12(17)4-5-14(13)21-15(10)16(20)19-9-11-3-2-6-18-8-11/h4-5,7,11,18H,2-3,6,8-9H2,1H3,(H,19,20). The van der Waals surface area contributed by atoms with Crippen LogP contribution in [0, 0.1) is 12.8 Å². The second-order valence-corrected chi connectivity index (χ2v) is 6.06. The van der Waals surface area contributed by atoms with Gasteiger partial charge in [0.2, 0.25) is 0 Å². The first-order valence-electron chi connectivity index (χ1n) is 7.32. The Hall–Kier alpha value is -1.52. The van der Waals surface area contributed by atoms with Crippen molar-refractivity contribution in [1.29, 1.82) is 0 Å². The highest BCUT2D eigenvalue weighted by Gasteiger charge is 2.19. The van der Waals surface area contributed by atoms with Crippen LogP contribution in [0.3, 0.4) is 0 Å². The van der Waals surface area contributed by atoms with Crippen LogP contribution in [0.25, 0.3) is 11.0 Å². The van der Waals surface area contributed by atoms with E-state index in [4.69, 9.17) is 16.0 Å². The Morgan fingerprint density at radius 1 is 1.52 bits per heavy atom. The highest BCUT2D eigenvalue weighted by molar-refractivity contribution is 6.31. The van der Waals surface area contributed by atoms with Gasteiger partial charge in [-0.05, 0) is 57.0 Å². The molecule has 2 aromatic rings. The van der Waals surface area contributed by atoms with E-state index in [1.807, 2.05) is 13.0 Å². The number of carbonyl (C=O) groups is 1. The van der Waals surface area contributed by atoms with Crippen molar-refractivity contribution in [2.45, 2.75) is 19.8 Å². The lowest BCUT2D eigenvalue weighted by Gasteiger charge is -2.22. The van der Waals surface area contributed by atoms with Gasteiger partial charge in [-0.25, -0.2) is 0 Å². The van der Waals surface area contributed by atoms with Crippen LogP contribution in [-0.2, 0) is 0 Å². The van der Waals surface area contributed by atoms with Crippen molar-refractivity contribution in [2.75, 3.05) is 19.6 Å². The Labute approximate surface area is 128 Å². The van der Waals surface area contributed by atoms with Gasteiger partial charge >= 0.3 is 0 Å². The van der Waals surface area contributed by atoms with Gasteiger partial charge in [0.15, 0.2) is 5.76 Å². The summed E-state index contributed by atoms with van der Waals surface area (Å²) in [5.74, 6) is 0.739. The average molecular weight is 307 g/mol. The number of nitrogens with one attached hydrogen (secondary N) is 2. The average Bonchev–Trinajstić information content (AvgIpc) is 2.83. The molecule has 112 valence electrons. The van der Waals surface area contributed by atoms with E-state index in [1.54, 1.807) is 12.1 Å². The molecule has 1 atom stereocenters. The highest BCUT2D eigenvalue weighted by atomic mass is 35.5. The van der Waals surface area contributed by atoms with Crippen LogP contribution >= 0.6 is 11.6 Å². The molecule has 1 saturated heterocycles. The van der Waals surface area contributed by atoms with Crippen LogP contribution < -0.4 is 10.6 Å². The van der Waals surface area contributed by atoms with Crippen LogP contribution in [-0.4, -0.2) is 25.5 Å². The third-order valence-corrected chi connectivity index (χ3v) is 4.29. The van der Waals surface area contributed by atoms with Crippen molar-refractivity contribution in [3.05, 3.63) is 34.5 Å². The minimum absolute atomic E-state index is 0.148. The molecule has 5 heteroatoms. The zero-order valence-corrected chi connectivity index (χ0v) is 12.8. The van der Waals surface area contributed by atoms with E-state index in [0.29, 0.717) is 28.8 Å². The summed E-state index contributed by atoms with van der Waals surface area (Å²) in [7, 11) is 0. The first-order chi connectivity index (χ1) is 10.1. The number of benzene rings is 1. The molecule has 1 fully saturated rings. The number of halogens is 1. The predicted octanol–water partition coefficient (Wildman–Crippen LogP) is 3.12. The molecule has 21 heavy (non-hydrogen) atoms. The number of hydrogen-bond donors (Lipinski definition) is 2. The molecule has 1 unspecified atom stereocenters. The maximum absolute atomic E-state index is 12.3. The largest absolute Gasteiger partial charge is 0.451 e. The molecule has 0 bridgehead atoms. The molecule has 3 rings (SSSR count). The summed E-state index contributed by atoms with van der Waals surface area (Å²) in [5, 5.41) is 7.87. The Morgan fingerprint density at radius 3 is 3.14 bits per heavy atom.